The van der Waals surface area contributed by atoms with Gasteiger partial charge in [0.25, 0.3) is 0 Å². The summed E-state index contributed by atoms with van der Waals surface area (Å²) in [5.41, 5.74) is 0. The number of amides is 4. The zero-order valence-corrected chi connectivity index (χ0v) is 15.5. The molecule has 0 radical (unpaired) electrons. The van der Waals surface area contributed by atoms with Gasteiger partial charge in [0.2, 0.25) is 11.8 Å². The first-order valence-electron chi connectivity index (χ1n) is 9.93. The third kappa shape index (κ3) is 5.67. The van der Waals surface area contributed by atoms with Crippen LogP contribution in [0.3, 0.4) is 0 Å². The van der Waals surface area contributed by atoms with Crippen molar-refractivity contribution in [3.63, 3.8) is 0 Å². The maximum absolute atomic E-state index is 12.2. The van der Waals surface area contributed by atoms with Crippen LogP contribution in [0, 0.1) is 0 Å². The Morgan fingerprint density at radius 3 is 1.96 bits per heavy atom. The number of piperazine rings is 1. The van der Waals surface area contributed by atoms with E-state index in [1.165, 1.54) is 0 Å². The van der Waals surface area contributed by atoms with E-state index in [9.17, 15) is 14.4 Å². The van der Waals surface area contributed by atoms with Gasteiger partial charge in [0.1, 0.15) is 0 Å². The van der Waals surface area contributed by atoms with Gasteiger partial charge in [0, 0.05) is 45.3 Å². The number of nitrogens with zero attached hydrogens (tertiary/aromatic N) is 3. The Kier molecular flexibility index (Phi) is 6.85. The highest BCUT2D eigenvalue weighted by molar-refractivity contribution is 5.95. The summed E-state index contributed by atoms with van der Waals surface area (Å²) in [6.07, 6.45) is 6.51. The van der Waals surface area contributed by atoms with Crippen molar-refractivity contribution in [3.8, 4) is 0 Å². The molecule has 0 aromatic rings. The zero-order valence-electron chi connectivity index (χ0n) is 15.5. The number of nitrogens with one attached hydrogen (secondary N) is 2. The summed E-state index contributed by atoms with van der Waals surface area (Å²) in [5.74, 6) is -0.0423. The predicted molar refractivity (Wildman–Crippen MR) is 97.6 cm³/mol. The van der Waals surface area contributed by atoms with Crippen LogP contribution in [0.2, 0.25) is 0 Å². The molecule has 3 fully saturated rings. The molecule has 2 N–H and O–H groups in total. The molecular formula is C18H31N5O3. The van der Waals surface area contributed by atoms with E-state index in [1.54, 1.807) is 0 Å². The smallest absolute Gasteiger partial charge is 0.321 e. The molecule has 0 bridgehead atoms. The number of hydrogen-bond acceptors (Lipinski definition) is 5. The second-order valence-electron chi connectivity index (χ2n) is 7.64. The van der Waals surface area contributed by atoms with Gasteiger partial charge in [0.15, 0.2) is 0 Å². The van der Waals surface area contributed by atoms with E-state index < -0.39 is 0 Å². The highest BCUT2D eigenvalue weighted by Crippen LogP contribution is 2.17. The molecule has 0 atom stereocenters. The molecule has 2 heterocycles. The van der Waals surface area contributed by atoms with Crippen LogP contribution in [0.5, 0.6) is 0 Å². The van der Waals surface area contributed by atoms with Crippen molar-refractivity contribution in [3.05, 3.63) is 0 Å². The van der Waals surface area contributed by atoms with Crippen LogP contribution in [-0.2, 0) is 9.59 Å². The number of imide groups is 1. The summed E-state index contributed by atoms with van der Waals surface area (Å²) in [6, 6.07) is -0.170. The molecule has 26 heavy (non-hydrogen) atoms. The zero-order chi connectivity index (χ0) is 18.4. The Bertz CT molecular complexity index is 507. The Hall–Kier alpha value is -1.67. The lowest BCUT2D eigenvalue weighted by atomic mass is 10.2. The molecule has 2 aliphatic heterocycles. The Balaban J connectivity index is 1.31. The molecule has 0 unspecified atom stereocenters. The second-order valence-corrected chi connectivity index (χ2v) is 7.64. The van der Waals surface area contributed by atoms with Crippen molar-refractivity contribution in [1.82, 2.24) is 25.3 Å². The van der Waals surface area contributed by atoms with Gasteiger partial charge in [0.05, 0.1) is 13.1 Å². The number of likely N-dealkylation sites (tertiary alicyclic amines) is 1. The van der Waals surface area contributed by atoms with E-state index in [0.29, 0.717) is 6.54 Å². The molecule has 0 spiro atoms. The van der Waals surface area contributed by atoms with Crippen LogP contribution in [-0.4, -0.2) is 90.9 Å². The van der Waals surface area contributed by atoms with Crippen molar-refractivity contribution in [2.75, 3.05) is 52.4 Å². The number of hydrogen-bond donors (Lipinski definition) is 2. The first kappa shape index (κ1) is 19.1. The van der Waals surface area contributed by atoms with Crippen LogP contribution in [0.1, 0.15) is 38.5 Å². The van der Waals surface area contributed by atoms with Gasteiger partial charge in [-0.2, -0.15) is 0 Å². The minimum absolute atomic E-state index is 0.208. The number of rotatable bonds is 5. The topological polar surface area (TPSA) is 85.0 Å². The van der Waals surface area contributed by atoms with Gasteiger partial charge in [-0.05, 0) is 25.7 Å². The summed E-state index contributed by atoms with van der Waals surface area (Å²) < 4.78 is 0. The van der Waals surface area contributed by atoms with E-state index in [2.05, 4.69) is 15.5 Å². The minimum atomic E-state index is -0.378. The van der Waals surface area contributed by atoms with Crippen molar-refractivity contribution in [2.45, 2.75) is 44.6 Å². The molecular weight excluding hydrogens is 334 g/mol. The molecule has 3 aliphatic rings. The van der Waals surface area contributed by atoms with Gasteiger partial charge >= 0.3 is 6.03 Å². The quantitative estimate of drug-likeness (QED) is 0.716. The monoisotopic (exact) mass is 365 g/mol. The Morgan fingerprint density at radius 1 is 0.769 bits per heavy atom. The van der Waals surface area contributed by atoms with E-state index in [4.69, 9.17) is 0 Å². The van der Waals surface area contributed by atoms with E-state index in [-0.39, 0.29) is 30.4 Å². The largest absolute Gasteiger partial charge is 0.342 e. The average molecular weight is 365 g/mol. The SMILES string of the molecule is O=C(CN1CCN(CC(=O)N2CCCC2)CC1)NC(=O)NC1CCCC1. The van der Waals surface area contributed by atoms with E-state index in [1.807, 2.05) is 9.80 Å². The molecule has 2 saturated heterocycles. The highest BCUT2D eigenvalue weighted by atomic mass is 16.2. The van der Waals surface area contributed by atoms with Gasteiger partial charge in [-0.25, -0.2) is 4.79 Å². The maximum atomic E-state index is 12.2. The van der Waals surface area contributed by atoms with Crippen LogP contribution < -0.4 is 10.6 Å². The van der Waals surface area contributed by atoms with Gasteiger partial charge in [-0.3, -0.25) is 24.7 Å². The molecule has 0 aromatic heterocycles. The lowest BCUT2D eigenvalue weighted by Gasteiger charge is -2.34. The minimum Gasteiger partial charge on any atom is -0.342 e. The first-order chi connectivity index (χ1) is 12.6. The summed E-state index contributed by atoms with van der Waals surface area (Å²) in [6.45, 7) is 5.53. The van der Waals surface area contributed by atoms with E-state index >= 15 is 0 Å². The number of carbonyl (C=O) groups excluding carboxylic acids is 3. The van der Waals surface area contributed by atoms with Crippen LogP contribution in [0.25, 0.3) is 0 Å². The van der Waals surface area contributed by atoms with Crippen molar-refractivity contribution in [2.24, 2.45) is 0 Å². The standard InChI is InChI=1S/C18H31N5O3/c24-16(20-18(26)19-15-5-1-2-6-15)13-21-9-11-22(12-10-21)14-17(25)23-7-3-4-8-23/h15H,1-14H2,(H2,19,20,24,26). The van der Waals surface area contributed by atoms with Gasteiger partial charge in [-0.15, -0.1) is 0 Å². The predicted octanol–water partition coefficient (Wildman–Crippen LogP) is -0.00520. The van der Waals surface area contributed by atoms with Crippen LogP contribution in [0.15, 0.2) is 0 Å². The average Bonchev–Trinajstić information content (AvgIpc) is 3.29. The van der Waals surface area contributed by atoms with Crippen molar-refractivity contribution in [1.29, 1.82) is 0 Å². The fourth-order valence-corrected chi connectivity index (χ4v) is 4.02. The molecule has 146 valence electrons. The van der Waals surface area contributed by atoms with Gasteiger partial charge in [-0.1, -0.05) is 12.8 Å². The summed E-state index contributed by atoms with van der Waals surface area (Å²) in [4.78, 5) is 42.2. The van der Waals surface area contributed by atoms with Gasteiger partial charge < -0.3 is 10.2 Å². The summed E-state index contributed by atoms with van der Waals surface area (Å²) >= 11 is 0. The molecule has 8 nitrogen and oxygen atoms in total. The van der Waals surface area contributed by atoms with Crippen molar-refractivity contribution < 1.29 is 14.4 Å². The number of carbonyl (C=O) groups is 3. The first-order valence-corrected chi connectivity index (χ1v) is 9.93. The van der Waals surface area contributed by atoms with E-state index in [0.717, 1.165) is 77.8 Å². The number of urea groups is 1. The second kappa shape index (κ2) is 9.32. The fraction of sp³-hybridized carbons (Fsp3) is 0.833. The normalized spacial score (nSPS) is 22.5. The Morgan fingerprint density at radius 2 is 1.35 bits per heavy atom. The fourth-order valence-electron chi connectivity index (χ4n) is 4.02. The molecule has 8 heteroatoms. The summed E-state index contributed by atoms with van der Waals surface area (Å²) in [5, 5.41) is 5.29. The van der Waals surface area contributed by atoms with Crippen LogP contribution in [0.4, 0.5) is 4.79 Å². The summed E-state index contributed by atoms with van der Waals surface area (Å²) in [7, 11) is 0. The van der Waals surface area contributed by atoms with Crippen molar-refractivity contribution >= 4 is 17.8 Å². The molecule has 3 rings (SSSR count). The third-order valence-corrected chi connectivity index (χ3v) is 5.59. The third-order valence-electron chi connectivity index (χ3n) is 5.59. The molecule has 1 saturated carbocycles. The van der Waals surface area contributed by atoms with Crippen LogP contribution >= 0.6 is 0 Å². The molecule has 1 aliphatic carbocycles. The maximum Gasteiger partial charge on any atom is 0.321 e. The Labute approximate surface area is 155 Å². The lowest BCUT2D eigenvalue weighted by Crippen LogP contribution is -2.53. The lowest BCUT2D eigenvalue weighted by molar-refractivity contribution is -0.132. The highest BCUT2D eigenvalue weighted by Gasteiger charge is 2.25. The molecule has 0 aromatic carbocycles. The molecule has 4 amide bonds.